The highest BCUT2D eigenvalue weighted by Crippen LogP contribution is 2.33. The molecule has 0 spiro atoms. The van der Waals surface area contributed by atoms with Crippen LogP contribution in [0, 0.1) is 11.8 Å². The minimum atomic E-state index is -0.365. The molecule has 2 N–H and O–H groups in total. The second kappa shape index (κ2) is 5.48. The molecule has 4 rings (SSSR count). The van der Waals surface area contributed by atoms with E-state index in [4.69, 9.17) is 5.11 Å². The summed E-state index contributed by atoms with van der Waals surface area (Å²) in [6.45, 7) is 0.261. The number of hydrogen-bond donors (Lipinski definition) is 2. The lowest BCUT2D eigenvalue weighted by molar-refractivity contribution is -0.132. The molecule has 0 bridgehead atoms. The molecule has 2 unspecified atom stereocenters. The van der Waals surface area contributed by atoms with Crippen molar-refractivity contribution in [3.63, 3.8) is 0 Å². The largest absolute Gasteiger partial charge is 0.394 e. The number of fused-ring (bicyclic) bond motifs is 3. The van der Waals surface area contributed by atoms with E-state index in [0.29, 0.717) is 18.2 Å². The van der Waals surface area contributed by atoms with E-state index in [1.165, 1.54) is 5.01 Å². The van der Waals surface area contributed by atoms with Crippen molar-refractivity contribution in [2.24, 2.45) is 21.8 Å². The number of aliphatic hydroxyl groups excluding tert-OH is 1. The van der Waals surface area contributed by atoms with E-state index in [-0.39, 0.29) is 24.3 Å². The molecular weight excluding hydrogens is 292 g/mol. The zero-order valence-electron chi connectivity index (χ0n) is 12.4. The number of allylic oxidation sites excluding steroid dienone is 6. The van der Waals surface area contributed by atoms with E-state index in [1.807, 2.05) is 48.6 Å². The standard InChI is InChI=1S/C17H16N4O2/c22-10-9-18-15-11-5-1-2-6-12(11)16-19-14-8-4-3-7-13(14)17(23)21(16)20-15/h1-8,11,13,22H,9-10H2,(H,18,20). The molecule has 0 aromatic rings. The number of nitrogens with zero attached hydrogens (tertiary/aromatic N) is 3. The molecule has 0 aromatic carbocycles. The maximum absolute atomic E-state index is 12.8. The Morgan fingerprint density at radius 2 is 1.96 bits per heavy atom. The van der Waals surface area contributed by atoms with Crippen LogP contribution < -0.4 is 5.43 Å². The average molecular weight is 308 g/mol. The molecule has 1 amide bonds. The maximum atomic E-state index is 12.8. The Balaban J connectivity index is 1.85. The van der Waals surface area contributed by atoms with Crippen molar-refractivity contribution in [3.05, 3.63) is 60.0 Å². The van der Waals surface area contributed by atoms with Gasteiger partial charge in [-0.3, -0.25) is 15.2 Å². The van der Waals surface area contributed by atoms with Crippen LogP contribution in [0.3, 0.4) is 0 Å². The number of nitrogens with one attached hydrogen (secondary N) is 1. The predicted octanol–water partition coefficient (Wildman–Crippen LogP) is 0.875. The molecule has 0 saturated carbocycles. The maximum Gasteiger partial charge on any atom is 0.260 e. The van der Waals surface area contributed by atoms with Crippen molar-refractivity contribution < 1.29 is 9.90 Å². The van der Waals surface area contributed by atoms with E-state index in [0.717, 1.165) is 11.3 Å². The van der Waals surface area contributed by atoms with Gasteiger partial charge in [0.05, 0.1) is 24.8 Å². The van der Waals surface area contributed by atoms with Gasteiger partial charge in [0.15, 0.2) is 5.82 Å². The number of carbonyl (C=O) groups is 1. The molecule has 0 saturated heterocycles. The summed E-state index contributed by atoms with van der Waals surface area (Å²) in [5.74, 6) is 0.761. The predicted molar refractivity (Wildman–Crippen MR) is 87.4 cm³/mol. The molecular formula is C17H16N4O2. The number of amides is 1. The molecule has 4 aliphatic rings. The fourth-order valence-electron chi connectivity index (χ4n) is 3.05. The van der Waals surface area contributed by atoms with Crippen LogP contribution in [0.1, 0.15) is 0 Å². The molecule has 0 radical (unpaired) electrons. The van der Waals surface area contributed by atoms with Crippen molar-refractivity contribution in [1.82, 2.24) is 10.4 Å². The van der Waals surface area contributed by atoms with Crippen LogP contribution in [0.4, 0.5) is 0 Å². The van der Waals surface area contributed by atoms with Crippen molar-refractivity contribution in [3.8, 4) is 0 Å². The summed E-state index contributed by atoms with van der Waals surface area (Å²) in [6, 6.07) is 0. The Bertz CT molecular complexity index is 767. The molecule has 2 aliphatic heterocycles. The normalized spacial score (nSPS) is 29.3. The summed E-state index contributed by atoms with van der Waals surface area (Å²) in [5.41, 5.74) is 4.78. The Labute approximate surface area is 133 Å². The van der Waals surface area contributed by atoms with Crippen LogP contribution in [0.15, 0.2) is 70.0 Å². The van der Waals surface area contributed by atoms with E-state index < -0.39 is 0 Å². The van der Waals surface area contributed by atoms with E-state index in [2.05, 4.69) is 15.4 Å². The van der Waals surface area contributed by atoms with Crippen molar-refractivity contribution >= 4 is 17.5 Å². The molecule has 0 aromatic heterocycles. The van der Waals surface area contributed by atoms with Gasteiger partial charge < -0.3 is 5.11 Å². The number of amidine groups is 1. The highest BCUT2D eigenvalue weighted by Gasteiger charge is 2.40. The van der Waals surface area contributed by atoms with Gasteiger partial charge in [-0.1, -0.05) is 42.5 Å². The van der Waals surface area contributed by atoms with Crippen LogP contribution in [0.25, 0.3) is 0 Å². The summed E-state index contributed by atoms with van der Waals surface area (Å²) in [4.78, 5) is 21.9. The van der Waals surface area contributed by atoms with Gasteiger partial charge in [0.1, 0.15) is 11.8 Å². The lowest BCUT2D eigenvalue weighted by Crippen LogP contribution is -2.56. The number of aliphatic hydroxyl groups is 1. The lowest BCUT2D eigenvalue weighted by Gasteiger charge is -2.39. The first-order chi connectivity index (χ1) is 11.3. The van der Waals surface area contributed by atoms with Gasteiger partial charge in [-0.05, 0) is 6.08 Å². The molecule has 23 heavy (non-hydrogen) atoms. The first-order valence-corrected chi connectivity index (χ1v) is 7.58. The van der Waals surface area contributed by atoms with Crippen molar-refractivity contribution in [2.45, 2.75) is 0 Å². The zero-order valence-corrected chi connectivity index (χ0v) is 12.4. The fourth-order valence-corrected chi connectivity index (χ4v) is 3.05. The first-order valence-electron chi connectivity index (χ1n) is 7.58. The molecule has 2 aliphatic carbocycles. The van der Waals surface area contributed by atoms with Crippen LogP contribution in [0.5, 0.6) is 0 Å². The van der Waals surface area contributed by atoms with Crippen LogP contribution >= 0.6 is 0 Å². The summed E-state index contributed by atoms with van der Waals surface area (Å²) in [7, 11) is 0. The van der Waals surface area contributed by atoms with E-state index in [9.17, 15) is 4.79 Å². The van der Waals surface area contributed by atoms with E-state index >= 15 is 0 Å². The monoisotopic (exact) mass is 308 g/mol. The molecule has 2 heterocycles. The van der Waals surface area contributed by atoms with Gasteiger partial charge in [-0.2, -0.15) is 0 Å². The number of hydrazine groups is 1. The van der Waals surface area contributed by atoms with Crippen LogP contribution in [0.2, 0.25) is 0 Å². The van der Waals surface area contributed by atoms with Crippen LogP contribution in [-0.2, 0) is 4.79 Å². The number of hydrogen-bond acceptors (Lipinski definition) is 4. The second-order valence-corrected chi connectivity index (χ2v) is 5.54. The fraction of sp³-hybridized carbons (Fsp3) is 0.235. The molecule has 6 heteroatoms. The van der Waals surface area contributed by atoms with Gasteiger partial charge in [-0.25, -0.2) is 10.0 Å². The summed E-state index contributed by atoms with van der Waals surface area (Å²) >= 11 is 0. The Hall–Kier alpha value is -2.73. The number of carbonyl (C=O) groups excluding carboxylic acids is 1. The summed E-state index contributed by atoms with van der Waals surface area (Å²) in [5, 5.41) is 10.5. The minimum Gasteiger partial charge on any atom is -0.394 e. The third-order valence-corrected chi connectivity index (χ3v) is 4.12. The highest BCUT2D eigenvalue weighted by molar-refractivity contribution is 6.15. The molecule has 2 atom stereocenters. The Morgan fingerprint density at radius 3 is 2.78 bits per heavy atom. The van der Waals surface area contributed by atoms with Crippen molar-refractivity contribution in [1.29, 1.82) is 0 Å². The summed E-state index contributed by atoms with van der Waals surface area (Å²) in [6.07, 6.45) is 15.3. The Kier molecular flexibility index (Phi) is 3.31. The topological polar surface area (TPSA) is 77.3 Å². The molecule has 6 nitrogen and oxygen atoms in total. The smallest absolute Gasteiger partial charge is 0.260 e. The quantitative estimate of drug-likeness (QED) is 0.795. The van der Waals surface area contributed by atoms with Gasteiger partial charge in [0.2, 0.25) is 0 Å². The van der Waals surface area contributed by atoms with Gasteiger partial charge in [0.25, 0.3) is 5.91 Å². The third kappa shape index (κ3) is 2.19. The minimum absolute atomic E-state index is 0.0320. The first kappa shape index (κ1) is 13.9. The van der Waals surface area contributed by atoms with Gasteiger partial charge in [0, 0.05) is 5.57 Å². The molecule has 116 valence electrons. The van der Waals surface area contributed by atoms with Gasteiger partial charge in [-0.15, -0.1) is 0 Å². The zero-order chi connectivity index (χ0) is 15.8. The van der Waals surface area contributed by atoms with Crippen LogP contribution in [-0.4, -0.2) is 40.7 Å². The second-order valence-electron chi connectivity index (χ2n) is 5.54. The SMILES string of the molecule is O=C1C2C=CC=CC2=NC2=C3C=CC=CC3C(=NCCO)NN12. The lowest BCUT2D eigenvalue weighted by atomic mass is 9.89. The third-order valence-electron chi connectivity index (χ3n) is 4.12. The number of aliphatic imine (C=N–C) groups is 2. The highest BCUT2D eigenvalue weighted by atomic mass is 16.3. The van der Waals surface area contributed by atoms with Gasteiger partial charge >= 0.3 is 0 Å². The average Bonchev–Trinajstić information content (AvgIpc) is 2.60. The number of rotatable bonds is 2. The summed E-state index contributed by atoms with van der Waals surface area (Å²) < 4.78 is 0. The Morgan fingerprint density at radius 1 is 1.17 bits per heavy atom. The van der Waals surface area contributed by atoms with Crippen molar-refractivity contribution in [2.75, 3.05) is 13.2 Å². The molecule has 0 fully saturated rings. The van der Waals surface area contributed by atoms with E-state index in [1.54, 1.807) is 0 Å².